The summed E-state index contributed by atoms with van der Waals surface area (Å²) in [7, 11) is 0. The molecular formula is C26H26FN3OS2. The first-order chi connectivity index (χ1) is 16.0. The number of nitrogens with zero attached hydrogens (tertiary/aromatic N) is 3. The van der Waals surface area contributed by atoms with Crippen molar-refractivity contribution in [3.63, 3.8) is 0 Å². The molecule has 1 aromatic heterocycles. The SMILES string of the molecule is CCCCCCN1C(=O)C(=Cc2cn(-c3ccccc3)nc2-c2ccc(C)c(F)c2)SC1=S. The third kappa shape index (κ3) is 5.25. The van der Waals surface area contributed by atoms with Gasteiger partial charge in [0.1, 0.15) is 15.8 Å². The fourth-order valence-electron chi connectivity index (χ4n) is 3.70. The van der Waals surface area contributed by atoms with Crippen molar-refractivity contribution in [3.05, 3.63) is 76.6 Å². The summed E-state index contributed by atoms with van der Waals surface area (Å²) >= 11 is 6.80. The largest absolute Gasteiger partial charge is 0.293 e. The molecule has 1 aliphatic heterocycles. The van der Waals surface area contributed by atoms with Crippen LogP contribution in [0.3, 0.4) is 0 Å². The molecule has 4 rings (SSSR count). The van der Waals surface area contributed by atoms with E-state index in [2.05, 4.69) is 6.92 Å². The van der Waals surface area contributed by atoms with Crippen LogP contribution in [0.4, 0.5) is 4.39 Å². The van der Waals surface area contributed by atoms with Crippen LogP contribution in [-0.2, 0) is 4.79 Å². The van der Waals surface area contributed by atoms with Crippen LogP contribution in [0.1, 0.15) is 43.7 Å². The van der Waals surface area contributed by atoms with Crippen molar-refractivity contribution < 1.29 is 9.18 Å². The number of halogens is 1. The molecule has 0 aliphatic carbocycles. The van der Waals surface area contributed by atoms with Gasteiger partial charge < -0.3 is 0 Å². The van der Waals surface area contributed by atoms with E-state index in [9.17, 15) is 9.18 Å². The summed E-state index contributed by atoms with van der Waals surface area (Å²) in [6, 6.07) is 14.8. The van der Waals surface area contributed by atoms with Gasteiger partial charge in [0.15, 0.2) is 0 Å². The standard InChI is InChI=1S/C26H26FN3OS2/c1-3-4-5-9-14-29-25(31)23(33-26(29)32)16-20-17-30(21-10-7-6-8-11-21)28-24(20)19-13-12-18(2)22(27)15-19/h6-8,10-13,15-17H,3-5,9,14H2,1-2H3. The molecular weight excluding hydrogens is 453 g/mol. The zero-order chi connectivity index (χ0) is 23.4. The number of carbonyl (C=O) groups is 1. The molecule has 2 heterocycles. The Morgan fingerprint density at radius 2 is 1.91 bits per heavy atom. The minimum Gasteiger partial charge on any atom is -0.293 e. The van der Waals surface area contributed by atoms with Crippen LogP contribution < -0.4 is 0 Å². The van der Waals surface area contributed by atoms with Gasteiger partial charge in [0, 0.05) is 23.9 Å². The third-order valence-electron chi connectivity index (χ3n) is 5.60. The van der Waals surface area contributed by atoms with Gasteiger partial charge >= 0.3 is 0 Å². The summed E-state index contributed by atoms with van der Waals surface area (Å²) in [6.45, 7) is 4.53. The zero-order valence-corrected chi connectivity index (χ0v) is 20.4. The van der Waals surface area contributed by atoms with Gasteiger partial charge in [0.05, 0.1) is 10.6 Å². The Hall–Kier alpha value is -2.77. The smallest absolute Gasteiger partial charge is 0.266 e. The van der Waals surface area contributed by atoms with Gasteiger partial charge in [-0.05, 0) is 43.2 Å². The van der Waals surface area contributed by atoms with E-state index >= 15 is 0 Å². The lowest BCUT2D eigenvalue weighted by Crippen LogP contribution is -2.29. The number of para-hydroxylation sites is 1. The van der Waals surface area contributed by atoms with Crippen LogP contribution in [0.5, 0.6) is 0 Å². The van der Waals surface area contributed by atoms with Crippen molar-refractivity contribution in [2.24, 2.45) is 0 Å². The van der Waals surface area contributed by atoms with Gasteiger partial charge in [0.2, 0.25) is 0 Å². The van der Waals surface area contributed by atoms with E-state index in [-0.39, 0.29) is 11.7 Å². The molecule has 0 saturated carbocycles. The number of amides is 1. The molecule has 0 bridgehead atoms. The number of carbonyl (C=O) groups excluding carboxylic acids is 1. The van der Waals surface area contributed by atoms with Crippen molar-refractivity contribution in [2.75, 3.05) is 6.54 Å². The van der Waals surface area contributed by atoms with Crippen molar-refractivity contribution >= 4 is 40.3 Å². The maximum absolute atomic E-state index is 14.3. The van der Waals surface area contributed by atoms with Gasteiger partial charge in [-0.1, -0.05) is 80.5 Å². The summed E-state index contributed by atoms with van der Waals surface area (Å²) in [5.74, 6) is -0.360. The summed E-state index contributed by atoms with van der Waals surface area (Å²) in [4.78, 5) is 15.3. The average Bonchev–Trinajstić information content (AvgIpc) is 3.35. The summed E-state index contributed by atoms with van der Waals surface area (Å²) in [5.41, 5.74) is 3.48. The Morgan fingerprint density at radius 1 is 1.12 bits per heavy atom. The number of thiocarbonyl (C=S) groups is 1. The second-order valence-electron chi connectivity index (χ2n) is 8.07. The Bertz CT molecular complexity index is 1200. The predicted octanol–water partition coefficient (Wildman–Crippen LogP) is 6.77. The molecule has 1 aliphatic rings. The molecule has 0 N–H and O–H groups in total. The number of hydrogen-bond acceptors (Lipinski definition) is 4. The second kappa shape index (κ2) is 10.4. The van der Waals surface area contributed by atoms with E-state index in [0.29, 0.717) is 32.6 Å². The highest BCUT2D eigenvalue weighted by Gasteiger charge is 2.32. The van der Waals surface area contributed by atoms with Crippen LogP contribution in [0.25, 0.3) is 23.0 Å². The van der Waals surface area contributed by atoms with Crippen molar-refractivity contribution in [2.45, 2.75) is 39.5 Å². The normalized spacial score (nSPS) is 15.1. The van der Waals surface area contributed by atoms with Crippen molar-refractivity contribution in [1.29, 1.82) is 0 Å². The van der Waals surface area contributed by atoms with E-state index in [0.717, 1.165) is 36.9 Å². The average molecular weight is 480 g/mol. The van der Waals surface area contributed by atoms with E-state index in [1.54, 1.807) is 22.6 Å². The maximum atomic E-state index is 14.3. The minimum atomic E-state index is -0.286. The highest BCUT2D eigenvalue weighted by Crippen LogP contribution is 2.35. The molecule has 4 nitrogen and oxygen atoms in total. The Kier molecular flexibility index (Phi) is 7.40. The minimum absolute atomic E-state index is 0.0741. The highest BCUT2D eigenvalue weighted by molar-refractivity contribution is 8.26. The molecule has 7 heteroatoms. The molecule has 0 radical (unpaired) electrons. The number of hydrogen-bond donors (Lipinski definition) is 0. The fourth-order valence-corrected chi connectivity index (χ4v) is 5.00. The number of benzene rings is 2. The Balaban J connectivity index is 1.69. The van der Waals surface area contributed by atoms with Crippen molar-refractivity contribution in [1.82, 2.24) is 14.7 Å². The number of aryl methyl sites for hydroxylation is 1. The third-order valence-corrected chi connectivity index (χ3v) is 6.98. The molecule has 1 saturated heterocycles. The molecule has 33 heavy (non-hydrogen) atoms. The predicted molar refractivity (Wildman–Crippen MR) is 138 cm³/mol. The summed E-state index contributed by atoms with van der Waals surface area (Å²) in [6.07, 6.45) is 8.01. The van der Waals surface area contributed by atoms with Gasteiger partial charge in [-0.3, -0.25) is 9.69 Å². The lowest BCUT2D eigenvalue weighted by molar-refractivity contribution is -0.122. The highest BCUT2D eigenvalue weighted by atomic mass is 32.2. The molecule has 1 fully saturated rings. The van der Waals surface area contributed by atoms with Gasteiger partial charge in [-0.25, -0.2) is 9.07 Å². The van der Waals surface area contributed by atoms with Crippen LogP contribution >= 0.6 is 24.0 Å². The first kappa shape index (κ1) is 23.4. The van der Waals surface area contributed by atoms with Crippen LogP contribution in [0.2, 0.25) is 0 Å². The molecule has 0 unspecified atom stereocenters. The van der Waals surface area contributed by atoms with Gasteiger partial charge in [-0.2, -0.15) is 5.10 Å². The monoisotopic (exact) mass is 479 g/mol. The molecule has 3 aromatic rings. The summed E-state index contributed by atoms with van der Waals surface area (Å²) < 4.78 is 16.7. The first-order valence-corrected chi connectivity index (χ1v) is 12.4. The lowest BCUT2D eigenvalue weighted by Gasteiger charge is -2.13. The molecule has 170 valence electrons. The van der Waals surface area contributed by atoms with Gasteiger partial charge in [0.25, 0.3) is 5.91 Å². The number of rotatable bonds is 8. The van der Waals surface area contributed by atoms with Crippen LogP contribution in [0, 0.1) is 12.7 Å². The van der Waals surface area contributed by atoms with E-state index in [1.165, 1.54) is 17.8 Å². The number of aromatic nitrogens is 2. The number of thioether (sulfide) groups is 1. The van der Waals surface area contributed by atoms with Gasteiger partial charge in [-0.15, -0.1) is 0 Å². The second-order valence-corrected chi connectivity index (χ2v) is 9.75. The Labute approximate surface area is 203 Å². The topological polar surface area (TPSA) is 38.1 Å². The van der Waals surface area contributed by atoms with Crippen molar-refractivity contribution in [3.8, 4) is 16.9 Å². The van der Waals surface area contributed by atoms with E-state index in [1.807, 2.05) is 48.7 Å². The zero-order valence-electron chi connectivity index (χ0n) is 18.8. The lowest BCUT2D eigenvalue weighted by atomic mass is 10.1. The number of unbranched alkanes of at least 4 members (excludes halogenated alkanes) is 3. The molecule has 0 atom stereocenters. The van der Waals surface area contributed by atoms with Crippen LogP contribution in [-0.4, -0.2) is 31.5 Å². The quantitative estimate of drug-likeness (QED) is 0.203. The van der Waals surface area contributed by atoms with E-state index in [4.69, 9.17) is 17.3 Å². The first-order valence-electron chi connectivity index (χ1n) is 11.1. The molecule has 0 spiro atoms. The van der Waals surface area contributed by atoms with E-state index < -0.39 is 0 Å². The molecule has 1 amide bonds. The summed E-state index contributed by atoms with van der Waals surface area (Å²) in [5, 5.41) is 4.74. The maximum Gasteiger partial charge on any atom is 0.266 e. The van der Waals surface area contributed by atoms with Crippen LogP contribution in [0.15, 0.2) is 59.6 Å². The molecule has 2 aromatic carbocycles. The fraction of sp³-hybridized carbons (Fsp3) is 0.269. The Morgan fingerprint density at radius 3 is 2.64 bits per heavy atom.